The Balaban J connectivity index is 1.45. The van der Waals surface area contributed by atoms with Crippen molar-refractivity contribution in [1.29, 1.82) is 0 Å². The van der Waals surface area contributed by atoms with Crippen LogP contribution in [0.2, 0.25) is 6.04 Å². The third-order valence-electron chi connectivity index (χ3n) is 5.94. The van der Waals surface area contributed by atoms with Crippen LogP contribution in [0.3, 0.4) is 0 Å². The zero-order valence-electron chi connectivity index (χ0n) is 21.1. The van der Waals surface area contributed by atoms with Gasteiger partial charge in [0.2, 0.25) is 0 Å². The monoisotopic (exact) mass is 502 g/mol. The van der Waals surface area contributed by atoms with Crippen molar-refractivity contribution in [2.45, 2.75) is 51.9 Å². The van der Waals surface area contributed by atoms with E-state index in [4.69, 9.17) is 32.2 Å². The van der Waals surface area contributed by atoms with Crippen molar-refractivity contribution < 1.29 is 32.2 Å². The van der Waals surface area contributed by atoms with E-state index in [1.54, 1.807) is 0 Å². The minimum absolute atomic E-state index is 0.213. The molecule has 4 rings (SSSR count). The standard InChI is InChI=1S/C27H38O7Si/c1-4-32-35(33-5-2,34-6-3)15-7-8-23-16-22(11-14-27(23)31-20-26-19-30-26)21-9-12-24(13-10-21)28-17-25-18-29-25/h9-14,16,25-26H,4-8,15,17-20H2,1-3H3. The summed E-state index contributed by atoms with van der Waals surface area (Å²) in [5.74, 6) is 1.77. The molecular weight excluding hydrogens is 464 g/mol. The number of rotatable bonds is 17. The molecule has 2 atom stereocenters. The molecule has 2 heterocycles. The van der Waals surface area contributed by atoms with Gasteiger partial charge in [0.25, 0.3) is 0 Å². The molecule has 7 nitrogen and oxygen atoms in total. The molecule has 2 fully saturated rings. The van der Waals surface area contributed by atoms with Crippen LogP contribution in [0.25, 0.3) is 11.1 Å². The Morgan fingerprint density at radius 2 is 1.34 bits per heavy atom. The van der Waals surface area contributed by atoms with Gasteiger partial charge in [-0.25, -0.2) is 0 Å². The summed E-state index contributed by atoms with van der Waals surface area (Å²) >= 11 is 0. The summed E-state index contributed by atoms with van der Waals surface area (Å²) in [4.78, 5) is 0. The number of ether oxygens (including phenoxy) is 4. The van der Waals surface area contributed by atoms with Crippen molar-refractivity contribution in [3.63, 3.8) is 0 Å². The Bertz CT molecular complexity index is 895. The van der Waals surface area contributed by atoms with Crippen LogP contribution in [0.1, 0.15) is 32.8 Å². The van der Waals surface area contributed by atoms with Crippen LogP contribution >= 0.6 is 0 Å². The van der Waals surface area contributed by atoms with Gasteiger partial charge in [0.15, 0.2) is 0 Å². The summed E-state index contributed by atoms with van der Waals surface area (Å²) in [7, 11) is -2.67. The average Bonchev–Trinajstić information content (AvgIpc) is 3.78. The van der Waals surface area contributed by atoms with E-state index in [0.29, 0.717) is 33.0 Å². The molecule has 0 radical (unpaired) electrons. The SMILES string of the molecule is CCO[Si](CCCc1cc(-c2ccc(OCC3CO3)cc2)ccc1OCC1CO1)(OCC)OCC. The highest BCUT2D eigenvalue weighted by molar-refractivity contribution is 6.60. The number of epoxide rings is 2. The van der Waals surface area contributed by atoms with Gasteiger partial charge in [-0.1, -0.05) is 18.2 Å². The highest BCUT2D eigenvalue weighted by Gasteiger charge is 2.39. The van der Waals surface area contributed by atoms with Crippen LogP contribution in [0.5, 0.6) is 11.5 Å². The van der Waals surface area contributed by atoms with E-state index in [-0.39, 0.29) is 12.2 Å². The largest absolute Gasteiger partial charge is 0.500 e. The molecule has 0 spiro atoms. The molecule has 0 aromatic heterocycles. The summed E-state index contributed by atoms with van der Waals surface area (Å²) < 4.78 is 40.5. The number of hydrogen-bond acceptors (Lipinski definition) is 7. The van der Waals surface area contributed by atoms with Crippen LogP contribution in [-0.4, -0.2) is 67.3 Å². The van der Waals surface area contributed by atoms with Crippen LogP contribution in [-0.2, 0) is 29.2 Å². The van der Waals surface area contributed by atoms with E-state index >= 15 is 0 Å². The Kier molecular flexibility index (Phi) is 9.59. The summed E-state index contributed by atoms with van der Waals surface area (Å²) in [6.07, 6.45) is 2.20. The molecule has 2 aliphatic rings. The minimum Gasteiger partial charge on any atom is -0.491 e. The fourth-order valence-electron chi connectivity index (χ4n) is 4.04. The molecular formula is C27H38O7Si. The van der Waals surface area contributed by atoms with Gasteiger partial charge in [-0.3, -0.25) is 0 Å². The van der Waals surface area contributed by atoms with Gasteiger partial charge in [-0.15, -0.1) is 0 Å². The zero-order chi connectivity index (χ0) is 24.5. The second-order valence-electron chi connectivity index (χ2n) is 8.72. The van der Waals surface area contributed by atoms with E-state index < -0.39 is 8.80 Å². The predicted molar refractivity (Wildman–Crippen MR) is 136 cm³/mol. The Hall–Kier alpha value is -1.94. The predicted octanol–water partition coefficient (Wildman–Crippen LogP) is 4.89. The second-order valence-corrected chi connectivity index (χ2v) is 11.4. The zero-order valence-corrected chi connectivity index (χ0v) is 22.1. The van der Waals surface area contributed by atoms with Gasteiger partial charge in [0, 0.05) is 25.9 Å². The molecule has 0 bridgehead atoms. The number of benzene rings is 2. The number of aryl methyl sites for hydroxylation is 1. The lowest BCUT2D eigenvalue weighted by Gasteiger charge is -2.28. The van der Waals surface area contributed by atoms with Crippen molar-refractivity contribution in [3.05, 3.63) is 48.0 Å². The molecule has 0 aliphatic carbocycles. The lowest BCUT2D eigenvalue weighted by molar-refractivity contribution is 0.0708. The van der Waals surface area contributed by atoms with Crippen LogP contribution < -0.4 is 9.47 Å². The van der Waals surface area contributed by atoms with Gasteiger partial charge in [0.1, 0.15) is 36.9 Å². The molecule has 2 aromatic carbocycles. The normalized spacial score (nSPS) is 18.9. The fourth-order valence-corrected chi connectivity index (χ4v) is 6.65. The van der Waals surface area contributed by atoms with Gasteiger partial charge < -0.3 is 32.2 Å². The van der Waals surface area contributed by atoms with E-state index in [9.17, 15) is 0 Å². The van der Waals surface area contributed by atoms with Crippen LogP contribution in [0.15, 0.2) is 42.5 Å². The molecule has 35 heavy (non-hydrogen) atoms. The van der Waals surface area contributed by atoms with Crippen molar-refractivity contribution in [2.24, 2.45) is 0 Å². The molecule has 2 saturated heterocycles. The molecule has 192 valence electrons. The quantitative estimate of drug-likeness (QED) is 0.225. The lowest BCUT2D eigenvalue weighted by atomic mass is 10.00. The molecule has 8 heteroatoms. The fraction of sp³-hybridized carbons (Fsp3) is 0.556. The topological polar surface area (TPSA) is 71.2 Å². The molecule has 0 saturated carbocycles. The summed E-state index contributed by atoms with van der Waals surface area (Å²) in [6.45, 7) is 10.5. The lowest BCUT2D eigenvalue weighted by Crippen LogP contribution is -2.46. The molecule has 2 aromatic rings. The maximum absolute atomic E-state index is 6.12. The molecule has 2 aliphatic heterocycles. The highest BCUT2D eigenvalue weighted by atomic mass is 28.4. The minimum atomic E-state index is -2.67. The Morgan fingerprint density at radius 1 is 0.771 bits per heavy atom. The Labute approximate surface area is 209 Å². The summed E-state index contributed by atoms with van der Waals surface area (Å²) in [5, 5.41) is 0. The first-order chi connectivity index (χ1) is 17.1. The van der Waals surface area contributed by atoms with Crippen LogP contribution in [0, 0.1) is 0 Å². The van der Waals surface area contributed by atoms with Crippen LogP contribution in [0.4, 0.5) is 0 Å². The first-order valence-electron chi connectivity index (χ1n) is 12.8. The molecule has 0 amide bonds. The van der Waals surface area contributed by atoms with E-state index in [2.05, 4.69) is 30.3 Å². The van der Waals surface area contributed by atoms with E-state index in [0.717, 1.165) is 54.7 Å². The highest BCUT2D eigenvalue weighted by Crippen LogP contribution is 2.31. The van der Waals surface area contributed by atoms with E-state index in [1.807, 2.05) is 32.9 Å². The van der Waals surface area contributed by atoms with E-state index in [1.165, 1.54) is 5.56 Å². The maximum Gasteiger partial charge on any atom is 0.500 e. The second kappa shape index (κ2) is 12.8. The summed E-state index contributed by atoms with van der Waals surface area (Å²) in [5.41, 5.74) is 3.46. The van der Waals surface area contributed by atoms with Crippen molar-refractivity contribution in [1.82, 2.24) is 0 Å². The van der Waals surface area contributed by atoms with Gasteiger partial charge >= 0.3 is 8.80 Å². The third-order valence-corrected chi connectivity index (χ3v) is 9.09. The van der Waals surface area contributed by atoms with Crippen molar-refractivity contribution >= 4 is 8.80 Å². The average molecular weight is 503 g/mol. The third kappa shape index (κ3) is 8.03. The summed E-state index contributed by atoms with van der Waals surface area (Å²) in [6, 6.07) is 15.4. The first-order valence-corrected chi connectivity index (χ1v) is 14.7. The van der Waals surface area contributed by atoms with Gasteiger partial charge in [-0.05, 0) is 74.6 Å². The van der Waals surface area contributed by atoms with Crippen molar-refractivity contribution in [3.8, 4) is 22.6 Å². The van der Waals surface area contributed by atoms with Crippen molar-refractivity contribution in [2.75, 3.05) is 46.2 Å². The first kappa shape index (κ1) is 26.1. The number of hydrogen-bond donors (Lipinski definition) is 0. The molecule has 2 unspecified atom stereocenters. The Morgan fingerprint density at radius 3 is 1.91 bits per heavy atom. The smallest absolute Gasteiger partial charge is 0.491 e. The molecule has 0 N–H and O–H groups in total. The van der Waals surface area contributed by atoms with Gasteiger partial charge in [-0.2, -0.15) is 0 Å². The van der Waals surface area contributed by atoms with Gasteiger partial charge in [0.05, 0.1) is 13.2 Å². The maximum atomic E-state index is 6.12.